The lowest BCUT2D eigenvalue weighted by atomic mass is 10.9. The van der Waals surface area contributed by atoms with E-state index in [2.05, 4.69) is 4.74 Å². The quantitative estimate of drug-likeness (QED) is 0.473. The second kappa shape index (κ2) is 9.50. The van der Waals surface area contributed by atoms with Gasteiger partial charge in [-0.25, -0.2) is 4.79 Å². The van der Waals surface area contributed by atoms with Crippen LogP contribution in [0.25, 0.3) is 0 Å². The van der Waals surface area contributed by atoms with Crippen molar-refractivity contribution in [3.8, 4) is 0 Å². The molecular formula is C9H20O8P2. The minimum atomic E-state index is -3.90. The smallest absolute Gasteiger partial charge is 0.438 e. The van der Waals surface area contributed by atoms with Crippen LogP contribution in [0.3, 0.4) is 0 Å². The maximum atomic E-state index is 12.4. The van der Waals surface area contributed by atoms with E-state index in [0.29, 0.717) is 0 Å². The molecule has 0 bridgehead atoms. The van der Waals surface area contributed by atoms with E-state index < -0.39 is 27.4 Å². The molecule has 0 rings (SSSR count). The first-order valence-corrected chi connectivity index (χ1v) is 8.75. The Labute approximate surface area is 113 Å². The summed E-state index contributed by atoms with van der Waals surface area (Å²) in [5, 5.41) is 0. The highest BCUT2D eigenvalue weighted by atomic mass is 31.2. The molecule has 0 aliphatic carbocycles. The van der Waals surface area contributed by atoms with Crippen LogP contribution in [0.2, 0.25) is 0 Å². The molecule has 0 aromatic rings. The van der Waals surface area contributed by atoms with E-state index in [-0.39, 0.29) is 19.8 Å². The van der Waals surface area contributed by atoms with Gasteiger partial charge in [-0.1, -0.05) is 0 Å². The Morgan fingerprint density at radius 2 is 1.68 bits per heavy atom. The van der Waals surface area contributed by atoms with Crippen LogP contribution in [0.15, 0.2) is 0 Å². The largest absolute Gasteiger partial charge is 0.509 e. The van der Waals surface area contributed by atoms with Crippen LogP contribution >= 0.6 is 15.6 Å². The second-order valence-electron chi connectivity index (χ2n) is 3.05. The SMILES string of the molecule is CCO[PH](=O)C(OC(=O)OC)P(=O)(OCC)OCC. The molecule has 0 amide bonds. The number of hydrogen-bond acceptors (Lipinski definition) is 8. The third-order valence-corrected chi connectivity index (χ3v) is 6.36. The van der Waals surface area contributed by atoms with E-state index in [0.717, 1.165) is 7.11 Å². The number of methoxy groups -OCH3 is 1. The average Bonchev–Trinajstić information content (AvgIpc) is 2.36. The summed E-state index contributed by atoms with van der Waals surface area (Å²) in [6.07, 6.45) is -1.14. The van der Waals surface area contributed by atoms with Crippen LogP contribution in [0.1, 0.15) is 20.8 Å². The first-order chi connectivity index (χ1) is 8.95. The van der Waals surface area contributed by atoms with Gasteiger partial charge in [-0.3, -0.25) is 9.13 Å². The molecule has 114 valence electrons. The molecule has 0 aromatic carbocycles. The van der Waals surface area contributed by atoms with E-state index in [9.17, 15) is 13.9 Å². The molecule has 0 N–H and O–H groups in total. The predicted octanol–water partition coefficient (Wildman–Crippen LogP) is 2.83. The molecule has 10 heteroatoms. The highest BCUT2D eigenvalue weighted by Gasteiger charge is 2.44. The van der Waals surface area contributed by atoms with Gasteiger partial charge in [0, 0.05) is 0 Å². The summed E-state index contributed by atoms with van der Waals surface area (Å²) in [4.78, 5) is 11.1. The van der Waals surface area contributed by atoms with Gasteiger partial charge in [0.2, 0.25) is 8.03 Å². The van der Waals surface area contributed by atoms with Crippen molar-refractivity contribution in [1.29, 1.82) is 0 Å². The van der Waals surface area contributed by atoms with Crippen LogP contribution < -0.4 is 0 Å². The standard InChI is InChI=1S/C9H20O8P2/c1-5-14-18(11)9(17-8(10)13-4)19(12,15-6-2)16-7-3/h9,18H,5-7H2,1-4H3. The number of hydrogen-bond donors (Lipinski definition) is 0. The number of carbonyl (C=O) groups excluding carboxylic acids is 1. The van der Waals surface area contributed by atoms with Crippen molar-refractivity contribution in [3.63, 3.8) is 0 Å². The Hall–Kier alpha value is -0.390. The molecule has 0 aromatic heterocycles. The van der Waals surface area contributed by atoms with Crippen molar-refractivity contribution in [1.82, 2.24) is 0 Å². The lowest BCUT2D eigenvalue weighted by Crippen LogP contribution is -2.19. The van der Waals surface area contributed by atoms with Gasteiger partial charge >= 0.3 is 13.8 Å². The fourth-order valence-electron chi connectivity index (χ4n) is 1.13. The van der Waals surface area contributed by atoms with Crippen molar-refractivity contribution in [2.24, 2.45) is 0 Å². The maximum Gasteiger partial charge on any atom is 0.509 e. The van der Waals surface area contributed by atoms with Crippen LogP contribution in [0.4, 0.5) is 4.79 Å². The van der Waals surface area contributed by atoms with Crippen LogP contribution in [-0.2, 0) is 32.2 Å². The molecule has 0 fully saturated rings. The summed E-state index contributed by atoms with van der Waals surface area (Å²) >= 11 is 0. The maximum absolute atomic E-state index is 12.4. The minimum Gasteiger partial charge on any atom is -0.438 e. The minimum absolute atomic E-state index is 0.0413. The molecule has 0 aliphatic rings. The number of carbonyl (C=O) groups is 1. The van der Waals surface area contributed by atoms with Gasteiger partial charge in [0.25, 0.3) is 5.59 Å². The van der Waals surface area contributed by atoms with Gasteiger partial charge in [-0.2, -0.15) is 0 Å². The van der Waals surface area contributed by atoms with Crippen LogP contribution in [-0.4, -0.2) is 38.7 Å². The van der Waals surface area contributed by atoms with E-state index >= 15 is 0 Å². The average molecular weight is 318 g/mol. The van der Waals surface area contributed by atoms with Gasteiger partial charge in [-0.05, 0) is 20.8 Å². The third-order valence-electron chi connectivity index (χ3n) is 1.77. The van der Waals surface area contributed by atoms with Crippen molar-refractivity contribution in [3.05, 3.63) is 0 Å². The van der Waals surface area contributed by atoms with E-state index in [1.54, 1.807) is 20.8 Å². The fourth-order valence-corrected chi connectivity index (χ4v) is 4.73. The zero-order chi connectivity index (χ0) is 14.9. The van der Waals surface area contributed by atoms with Crippen molar-refractivity contribution in [2.45, 2.75) is 26.4 Å². The monoisotopic (exact) mass is 318 g/mol. The summed E-state index contributed by atoms with van der Waals surface area (Å²) in [5.74, 6) is 0. The molecule has 0 spiro atoms. The van der Waals surface area contributed by atoms with Crippen molar-refractivity contribution >= 4 is 21.8 Å². The lowest BCUT2D eigenvalue weighted by Gasteiger charge is -2.24. The van der Waals surface area contributed by atoms with Crippen molar-refractivity contribution < 1.29 is 37.0 Å². The molecule has 0 saturated heterocycles. The van der Waals surface area contributed by atoms with Gasteiger partial charge in [0.1, 0.15) is 0 Å². The molecular weight excluding hydrogens is 298 g/mol. The summed E-state index contributed by atoms with van der Waals surface area (Å²) in [6.45, 7) is 4.96. The Morgan fingerprint density at radius 1 is 1.16 bits per heavy atom. The van der Waals surface area contributed by atoms with Gasteiger partial charge in [0.15, 0.2) is 0 Å². The third kappa shape index (κ3) is 6.06. The molecule has 0 radical (unpaired) electrons. The number of ether oxygens (including phenoxy) is 2. The van der Waals surface area contributed by atoms with Crippen LogP contribution in [0, 0.1) is 0 Å². The van der Waals surface area contributed by atoms with E-state index in [4.69, 9.17) is 18.3 Å². The van der Waals surface area contributed by atoms with E-state index in [1.165, 1.54) is 0 Å². The normalized spacial score (nSPS) is 14.7. The molecule has 8 nitrogen and oxygen atoms in total. The molecule has 0 heterocycles. The van der Waals surface area contributed by atoms with Gasteiger partial charge in [0.05, 0.1) is 26.9 Å². The van der Waals surface area contributed by atoms with Gasteiger partial charge in [-0.15, -0.1) is 0 Å². The Kier molecular flexibility index (Phi) is 9.31. The highest BCUT2D eigenvalue weighted by Crippen LogP contribution is 2.62. The topological polar surface area (TPSA) is 97.4 Å². The molecule has 0 aliphatic heterocycles. The zero-order valence-electron chi connectivity index (χ0n) is 11.4. The summed E-state index contributed by atoms with van der Waals surface area (Å²) in [6, 6.07) is 0. The molecule has 19 heavy (non-hydrogen) atoms. The molecule has 2 unspecified atom stereocenters. The lowest BCUT2D eigenvalue weighted by molar-refractivity contribution is 0.0641. The first kappa shape index (κ1) is 18.6. The van der Waals surface area contributed by atoms with Crippen LogP contribution in [0.5, 0.6) is 0 Å². The second-order valence-corrected chi connectivity index (χ2v) is 7.05. The summed E-state index contributed by atoms with van der Waals surface area (Å²) in [5.41, 5.74) is -1.62. The van der Waals surface area contributed by atoms with E-state index in [1.807, 2.05) is 0 Å². The first-order valence-electron chi connectivity index (χ1n) is 5.75. The number of rotatable bonds is 9. The van der Waals surface area contributed by atoms with Crippen molar-refractivity contribution in [2.75, 3.05) is 26.9 Å². The Bertz CT molecular complexity index is 335. The van der Waals surface area contributed by atoms with Gasteiger partial charge < -0.3 is 23.0 Å². The Balaban J connectivity index is 5.20. The molecule has 0 saturated carbocycles. The predicted molar refractivity (Wildman–Crippen MR) is 68.8 cm³/mol. The fraction of sp³-hybridized carbons (Fsp3) is 0.889. The zero-order valence-corrected chi connectivity index (χ0v) is 13.3. The highest BCUT2D eigenvalue weighted by molar-refractivity contribution is 7.66. The summed E-state index contributed by atoms with van der Waals surface area (Å²) < 4.78 is 48.2. The summed E-state index contributed by atoms with van der Waals surface area (Å²) in [7, 11) is -5.80. The molecule has 2 atom stereocenters. The Morgan fingerprint density at radius 3 is 2.05 bits per heavy atom.